The van der Waals surface area contributed by atoms with Crippen LogP contribution in [0, 0.1) is 5.82 Å². The number of morpholine rings is 1. The molecule has 0 radical (unpaired) electrons. The fraction of sp³-hybridized carbons (Fsp3) is 0.444. The SMILES string of the molecule is COc1cc2ccn(CC(=O)N3CCOC(C)(C)C3)c(=O)c2cc1F. The number of fused-ring (bicyclic) bond motifs is 1. The van der Waals surface area contributed by atoms with Crippen LogP contribution in [-0.2, 0) is 16.1 Å². The maximum absolute atomic E-state index is 13.9. The molecule has 1 aromatic carbocycles. The molecule has 0 spiro atoms. The minimum atomic E-state index is -0.605. The highest BCUT2D eigenvalue weighted by Crippen LogP contribution is 2.22. The van der Waals surface area contributed by atoms with E-state index in [1.165, 1.54) is 17.7 Å². The molecule has 1 fully saturated rings. The van der Waals surface area contributed by atoms with Crippen LogP contribution in [0.4, 0.5) is 4.39 Å². The van der Waals surface area contributed by atoms with E-state index in [9.17, 15) is 14.0 Å². The van der Waals surface area contributed by atoms with Crippen molar-refractivity contribution in [2.45, 2.75) is 26.0 Å². The second kappa shape index (κ2) is 6.48. The lowest BCUT2D eigenvalue weighted by molar-refractivity contribution is -0.146. The molecule has 1 aliphatic rings. The Labute approximate surface area is 144 Å². The maximum atomic E-state index is 13.9. The number of rotatable bonds is 3. The molecular formula is C18H21FN2O4. The molecule has 0 saturated carbocycles. The average molecular weight is 348 g/mol. The highest BCUT2D eigenvalue weighted by molar-refractivity contribution is 5.83. The first-order chi connectivity index (χ1) is 11.8. The zero-order chi connectivity index (χ0) is 18.2. The highest BCUT2D eigenvalue weighted by atomic mass is 19.1. The summed E-state index contributed by atoms with van der Waals surface area (Å²) in [4.78, 5) is 26.8. The number of ether oxygens (including phenoxy) is 2. The number of carbonyl (C=O) groups excluding carboxylic acids is 1. The molecule has 1 aromatic heterocycles. The molecule has 0 bridgehead atoms. The number of amides is 1. The van der Waals surface area contributed by atoms with Gasteiger partial charge in [-0.05, 0) is 37.4 Å². The van der Waals surface area contributed by atoms with Gasteiger partial charge in [0.05, 0.1) is 24.7 Å². The normalized spacial score (nSPS) is 16.9. The van der Waals surface area contributed by atoms with E-state index in [0.29, 0.717) is 25.1 Å². The van der Waals surface area contributed by atoms with Gasteiger partial charge in [-0.15, -0.1) is 0 Å². The van der Waals surface area contributed by atoms with Gasteiger partial charge in [0.1, 0.15) is 6.54 Å². The van der Waals surface area contributed by atoms with Crippen molar-refractivity contribution in [2.75, 3.05) is 26.8 Å². The Bertz CT molecular complexity index is 875. The monoisotopic (exact) mass is 348 g/mol. The number of carbonyl (C=O) groups is 1. The van der Waals surface area contributed by atoms with Crippen LogP contribution in [0.15, 0.2) is 29.2 Å². The van der Waals surface area contributed by atoms with Gasteiger partial charge in [-0.1, -0.05) is 0 Å². The Kier molecular flexibility index (Phi) is 4.51. The fourth-order valence-electron chi connectivity index (χ4n) is 3.04. The number of hydrogen-bond donors (Lipinski definition) is 0. The zero-order valence-electron chi connectivity index (χ0n) is 14.5. The Morgan fingerprint density at radius 1 is 1.40 bits per heavy atom. The Balaban J connectivity index is 1.88. The van der Waals surface area contributed by atoms with Crippen LogP contribution in [0.5, 0.6) is 5.75 Å². The molecule has 6 nitrogen and oxygen atoms in total. The van der Waals surface area contributed by atoms with E-state index in [1.807, 2.05) is 13.8 Å². The average Bonchev–Trinajstić information content (AvgIpc) is 2.56. The molecule has 0 aliphatic carbocycles. The fourth-order valence-corrected chi connectivity index (χ4v) is 3.04. The molecule has 0 unspecified atom stereocenters. The smallest absolute Gasteiger partial charge is 0.259 e. The van der Waals surface area contributed by atoms with Crippen LogP contribution in [0.25, 0.3) is 10.8 Å². The molecule has 2 aromatic rings. The Morgan fingerprint density at radius 3 is 2.84 bits per heavy atom. The first-order valence-electron chi connectivity index (χ1n) is 8.09. The third-order valence-corrected chi connectivity index (χ3v) is 4.33. The van der Waals surface area contributed by atoms with E-state index < -0.39 is 17.0 Å². The van der Waals surface area contributed by atoms with Gasteiger partial charge in [0.25, 0.3) is 5.56 Å². The predicted octanol–water partition coefficient (Wildman–Crippen LogP) is 1.79. The number of nitrogens with zero attached hydrogens (tertiary/aromatic N) is 2. The van der Waals surface area contributed by atoms with E-state index in [4.69, 9.17) is 9.47 Å². The molecule has 1 amide bonds. The second-order valence-electron chi connectivity index (χ2n) is 6.75. The summed E-state index contributed by atoms with van der Waals surface area (Å²) in [5.41, 5.74) is -0.804. The van der Waals surface area contributed by atoms with Gasteiger partial charge in [0.15, 0.2) is 11.6 Å². The predicted molar refractivity (Wildman–Crippen MR) is 91.3 cm³/mol. The molecule has 0 atom stereocenters. The number of hydrogen-bond acceptors (Lipinski definition) is 4. The lowest BCUT2D eigenvalue weighted by Crippen LogP contribution is -2.51. The van der Waals surface area contributed by atoms with Crippen LogP contribution in [0.2, 0.25) is 0 Å². The number of benzene rings is 1. The van der Waals surface area contributed by atoms with E-state index in [1.54, 1.807) is 17.2 Å². The number of methoxy groups -OCH3 is 1. The van der Waals surface area contributed by atoms with Gasteiger partial charge in [0, 0.05) is 19.3 Å². The summed E-state index contributed by atoms with van der Waals surface area (Å²) in [5, 5.41) is 0.787. The van der Waals surface area contributed by atoms with Crippen molar-refractivity contribution in [1.82, 2.24) is 9.47 Å². The molecule has 0 N–H and O–H groups in total. The number of pyridine rings is 1. The molecule has 134 valence electrons. The van der Waals surface area contributed by atoms with E-state index >= 15 is 0 Å². The minimum absolute atomic E-state index is 0.0799. The van der Waals surface area contributed by atoms with Crippen LogP contribution in [0.1, 0.15) is 13.8 Å². The highest BCUT2D eigenvalue weighted by Gasteiger charge is 2.30. The molecule has 1 saturated heterocycles. The Hall–Kier alpha value is -2.41. The molecule has 25 heavy (non-hydrogen) atoms. The summed E-state index contributed by atoms with van der Waals surface area (Å²) in [7, 11) is 1.37. The number of aromatic nitrogens is 1. The molecular weight excluding hydrogens is 327 g/mol. The zero-order valence-corrected chi connectivity index (χ0v) is 14.5. The largest absolute Gasteiger partial charge is 0.494 e. The summed E-state index contributed by atoms with van der Waals surface area (Å²) in [6.45, 7) is 5.20. The van der Waals surface area contributed by atoms with Gasteiger partial charge >= 0.3 is 0 Å². The Morgan fingerprint density at radius 2 is 2.16 bits per heavy atom. The topological polar surface area (TPSA) is 60.8 Å². The lowest BCUT2D eigenvalue weighted by atomic mass is 10.1. The molecule has 2 heterocycles. The van der Waals surface area contributed by atoms with Gasteiger partial charge in [-0.2, -0.15) is 0 Å². The second-order valence-corrected chi connectivity index (χ2v) is 6.75. The minimum Gasteiger partial charge on any atom is -0.494 e. The molecule has 3 rings (SSSR count). The van der Waals surface area contributed by atoms with Crippen LogP contribution >= 0.6 is 0 Å². The van der Waals surface area contributed by atoms with Crippen LogP contribution in [0.3, 0.4) is 0 Å². The van der Waals surface area contributed by atoms with Crippen molar-refractivity contribution in [1.29, 1.82) is 0 Å². The van der Waals surface area contributed by atoms with E-state index in [2.05, 4.69) is 0 Å². The van der Waals surface area contributed by atoms with Crippen molar-refractivity contribution in [3.63, 3.8) is 0 Å². The van der Waals surface area contributed by atoms with Crippen molar-refractivity contribution < 1.29 is 18.7 Å². The summed E-state index contributed by atoms with van der Waals surface area (Å²) in [5.74, 6) is -0.686. The van der Waals surface area contributed by atoms with Gasteiger partial charge in [-0.3, -0.25) is 9.59 Å². The van der Waals surface area contributed by atoms with Gasteiger partial charge in [0.2, 0.25) is 5.91 Å². The van der Waals surface area contributed by atoms with E-state index in [0.717, 1.165) is 6.07 Å². The molecule has 7 heteroatoms. The number of halogens is 1. The third-order valence-electron chi connectivity index (χ3n) is 4.33. The molecule has 1 aliphatic heterocycles. The summed E-state index contributed by atoms with van der Waals surface area (Å²) >= 11 is 0. The van der Waals surface area contributed by atoms with Crippen molar-refractivity contribution in [3.8, 4) is 5.75 Å². The van der Waals surface area contributed by atoms with Crippen LogP contribution < -0.4 is 10.3 Å². The summed E-state index contributed by atoms with van der Waals surface area (Å²) < 4.78 is 25.7. The van der Waals surface area contributed by atoms with E-state index in [-0.39, 0.29) is 23.6 Å². The first kappa shape index (κ1) is 17.4. The van der Waals surface area contributed by atoms with Crippen molar-refractivity contribution >= 4 is 16.7 Å². The van der Waals surface area contributed by atoms with Crippen LogP contribution in [-0.4, -0.2) is 47.8 Å². The van der Waals surface area contributed by atoms with Crippen molar-refractivity contribution in [2.24, 2.45) is 0 Å². The van der Waals surface area contributed by atoms with Crippen molar-refractivity contribution in [3.05, 3.63) is 40.6 Å². The van der Waals surface area contributed by atoms with Gasteiger partial charge in [-0.25, -0.2) is 4.39 Å². The maximum Gasteiger partial charge on any atom is 0.259 e. The summed E-state index contributed by atoms with van der Waals surface area (Å²) in [6, 6.07) is 4.30. The van der Waals surface area contributed by atoms with Gasteiger partial charge < -0.3 is 18.9 Å². The first-order valence-corrected chi connectivity index (χ1v) is 8.09. The quantitative estimate of drug-likeness (QED) is 0.848. The third kappa shape index (κ3) is 3.51. The summed E-state index contributed by atoms with van der Waals surface area (Å²) in [6.07, 6.45) is 1.55. The standard InChI is InChI=1S/C18H21FN2O4/c1-18(2)11-21(6-7-25-18)16(22)10-20-5-4-12-8-15(24-3)14(19)9-13(12)17(20)23/h4-5,8-9H,6-7,10-11H2,1-3H3. The lowest BCUT2D eigenvalue weighted by Gasteiger charge is -2.38.